The molecular formula is C25H26BrN3O4S2. The molecule has 1 amide bonds. The molecule has 3 aromatic rings. The fourth-order valence-electron chi connectivity index (χ4n) is 3.07. The summed E-state index contributed by atoms with van der Waals surface area (Å²) in [5.41, 5.74) is 1.51. The van der Waals surface area contributed by atoms with Crippen LogP contribution in [0.25, 0.3) is 0 Å². The predicted octanol–water partition coefficient (Wildman–Crippen LogP) is 5.58. The van der Waals surface area contributed by atoms with Crippen LogP contribution in [0.3, 0.4) is 0 Å². The number of para-hydroxylation sites is 1. The first-order chi connectivity index (χ1) is 16.7. The number of rotatable bonds is 9. The fraction of sp³-hybridized carbons (Fsp3) is 0.200. The van der Waals surface area contributed by atoms with Crippen LogP contribution < -0.4 is 19.7 Å². The number of amides is 1. The molecule has 0 fully saturated rings. The number of ether oxygens (including phenoxy) is 1. The lowest BCUT2D eigenvalue weighted by molar-refractivity contribution is 0.0977. The van der Waals surface area contributed by atoms with Crippen molar-refractivity contribution < 1.29 is 17.9 Å². The van der Waals surface area contributed by atoms with E-state index >= 15 is 0 Å². The van der Waals surface area contributed by atoms with E-state index in [4.69, 9.17) is 17.0 Å². The standard InChI is InChI=1S/C25H26BrN3O4S2/c1-3-4-16-33-23-15-10-18(17-22(23)26)24(30)28-25(34)27-19-11-13-21(14-12-19)35(31,32)29(2)20-8-6-5-7-9-20/h5-15,17H,3-4,16H2,1-2H3,(H2,27,28,30,34). The number of carbonyl (C=O) groups is 1. The Balaban J connectivity index is 1.60. The lowest BCUT2D eigenvalue weighted by Gasteiger charge is -2.19. The second kappa shape index (κ2) is 12.1. The van der Waals surface area contributed by atoms with Crippen LogP contribution in [0.2, 0.25) is 0 Å². The number of halogens is 1. The summed E-state index contributed by atoms with van der Waals surface area (Å²) >= 11 is 8.68. The largest absolute Gasteiger partial charge is 0.492 e. The van der Waals surface area contributed by atoms with E-state index in [9.17, 15) is 13.2 Å². The Hall–Kier alpha value is -2.95. The number of anilines is 2. The van der Waals surface area contributed by atoms with Crippen LogP contribution in [0, 0.1) is 0 Å². The average Bonchev–Trinajstić information content (AvgIpc) is 2.85. The number of sulfonamides is 1. The minimum Gasteiger partial charge on any atom is -0.492 e. The number of thiocarbonyl (C=S) groups is 1. The first-order valence-corrected chi connectivity index (χ1v) is 13.5. The molecule has 3 rings (SSSR count). The quantitative estimate of drug-likeness (QED) is 0.256. The van der Waals surface area contributed by atoms with Gasteiger partial charge >= 0.3 is 0 Å². The van der Waals surface area contributed by atoms with Gasteiger partial charge < -0.3 is 10.1 Å². The third kappa shape index (κ3) is 7.03. The van der Waals surface area contributed by atoms with Crippen LogP contribution in [-0.4, -0.2) is 33.1 Å². The van der Waals surface area contributed by atoms with Gasteiger partial charge in [0.2, 0.25) is 0 Å². The number of hydrogen-bond donors (Lipinski definition) is 2. The van der Waals surface area contributed by atoms with E-state index in [1.807, 2.05) is 6.07 Å². The minimum absolute atomic E-state index is 0.0893. The predicted molar refractivity (Wildman–Crippen MR) is 147 cm³/mol. The van der Waals surface area contributed by atoms with Gasteiger partial charge in [-0.3, -0.25) is 14.4 Å². The van der Waals surface area contributed by atoms with E-state index in [1.54, 1.807) is 54.6 Å². The minimum atomic E-state index is -3.72. The molecule has 7 nitrogen and oxygen atoms in total. The van der Waals surface area contributed by atoms with Crippen molar-refractivity contribution in [3.63, 3.8) is 0 Å². The Morgan fingerprint density at radius 1 is 1.06 bits per heavy atom. The molecule has 0 aliphatic heterocycles. The molecule has 0 heterocycles. The number of unbranched alkanes of at least 4 members (excludes halogenated alkanes) is 1. The monoisotopic (exact) mass is 575 g/mol. The van der Waals surface area contributed by atoms with E-state index in [-0.39, 0.29) is 15.9 Å². The molecule has 0 unspecified atom stereocenters. The molecule has 2 N–H and O–H groups in total. The van der Waals surface area contributed by atoms with Crippen molar-refractivity contribution in [2.75, 3.05) is 23.3 Å². The summed E-state index contributed by atoms with van der Waals surface area (Å²) in [4.78, 5) is 12.7. The van der Waals surface area contributed by atoms with Crippen molar-refractivity contribution >= 4 is 60.6 Å². The van der Waals surface area contributed by atoms with E-state index < -0.39 is 10.0 Å². The van der Waals surface area contributed by atoms with Crippen LogP contribution >= 0.6 is 28.1 Å². The van der Waals surface area contributed by atoms with Crippen LogP contribution in [0.5, 0.6) is 5.75 Å². The van der Waals surface area contributed by atoms with Crippen LogP contribution in [-0.2, 0) is 10.0 Å². The molecule has 0 aromatic heterocycles. The Labute approximate surface area is 219 Å². The Bertz CT molecular complexity index is 1280. The zero-order valence-corrected chi connectivity index (χ0v) is 22.5. The Morgan fingerprint density at radius 2 is 1.74 bits per heavy atom. The van der Waals surface area contributed by atoms with E-state index in [0.29, 0.717) is 33.8 Å². The third-order valence-electron chi connectivity index (χ3n) is 5.07. The smallest absolute Gasteiger partial charge is 0.264 e. The van der Waals surface area contributed by atoms with Gasteiger partial charge in [-0.2, -0.15) is 0 Å². The van der Waals surface area contributed by atoms with E-state index in [0.717, 1.165) is 12.8 Å². The number of hydrogen-bond acceptors (Lipinski definition) is 5. The van der Waals surface area contributed by atoms with Crippen molar-refractivity contribution in [3.05, 3.63) is 82.8 Å². The summed E-state index contributed by atoms with van der Waals surface area (Å²) in [6.07, 6.45) is 1.98. The van der Waals surface area contributed by atoms with Gasteiger partial charge in [0.05, 0.1) is 21.7 Å². The van der Waals surface area contributed by atoms with Crippen molar-refractivity contribution in [2.24, 2.45) is 0 Å². The van der Waals surface area contributed by atoms with Crippen molar-refractivity contribution in [1.29, 1.82) is 0 Å². The SMILES string of the molecule is CCCCOc1ccc(C(=O)NC(=S)Nc2ccc(S(=O)(=O)N(C)c3ccccc3)cc2)cc1Br. The van der Waals surface area contributed by atoms with Gasteiger partial charge in [-0.15, -0.1) is 0 Å². The topological polar surface area (TPSA) is 87.7 Å². The van der Waals surface area contributed by atoms with Gasteiger partial charge in [0.1, 0.15) is 5.75 Å². The molecule has 0 saturated heterocycles. The van der Waals surface area contributed by atoms with Crippen molar-refractivity contribution in [1.82, 2.24) is 5.32 Å². The summed E-state index contributed by atoms with van der Waals surface area (Å²) in [5, 5.41) is 5.61. The summed E-state index contributed by atoms with van der Waals surface area (Å²) in [6.45, 7) is 2.70. The van der Waals surface area contributed by atoms with Crippen LogP contribution in [0.1, 0.15) is 30.1 Å². The summed E-state index contributed by atoms with van der Waals surface area (Å²) in [5.74, 6) is 0.288. The second-order valence-corrected chi connectivity index (χ2v) is 10.8. The lowest BCUT2D eigenvalue weighted by atomic mass is 10.2. The summed E-state index contributed by atoms with van der Waals surface area (Å²) in [7, 11) is -2.22. The molecule has 10 heteroatoms. The summed E-state index contributed by atoms with van der Waals surface area (Å²) in [6, 6.07) is 20.0. The highest BCUT2D eigenvalue weighted by Crippen LogP contribution is 2.26. The fourth-order valence-corrected chi connectivity index (χ4v) is 4.97. The molecule has 3 aromatic carbocycles. The molecule has 0 aliphatic carbocycles. The maximum atomic E-state index is 12.9. The third-order valence-corrected chi connectivity index (χ3v) is 7.69. The molecule has 0 radical (unpaired) electrons. The van der Waals surface area contributed by atoms with Gasteiger partial charge in [0.15, 0.2) is 5.11 Å². The highest BCUT2D eigenvalue weighted by molar-refractivity contribution is 9.10. The lowest BCUT2D eigenvalue weighted by Crippen LogP contribution is -2.34. The van der Waals surface area contributed by atoms with E-state index in [2.05, 4.69) is 33.5 Å². The highest BCUT2D eigenvalue weighted by atomic mass is 79.9. The van der Waals surface area contributed by atoms with E-state index in [1.165, 1.54) is 23.5 Å². The number of nitrogens with one attached hydrogen (secondary N) is 2. The molecular weight excluding hydrogens is 550 g/mol. The van der Waals surface area contributed by atoms with Gasteiger partial charge in [0, 0.05) is 18.3 Å². The second-order valence-electron chi connectivity index (χ2n) is 7.59. The number of benzene rings is 3. The van der Waals surface area contributed by atoms with Gasteiger partial charge in [-0.1, -0.05) is 31.5 Å². The Morgan fingerprint density at radius 3 is 2.37 bits per heavy atom. The molecule has 0 atom stereocenters. The molecule has 0 spiro atoms. The van der Waals surface area contributed by atoms with Crippen LogP contribution in [0.4, 0.5) is 11.4 Å². The zero-order valence-electron chi connectivity index (χ0n) is 19.3. The maximum absolute atomic E-state index is 12.9. The van der Waals surface area contributed by atoms with Crippen LogP contribution in [0.15, 0.2) is 82.2 Å². The molecule has 184 valence electrons. The molecule has 0 bridgehead atoms. The molecule has 0 saturated carbocycles. The first kappa shape index (κ1) is 26.7. The van der Waals surface area contributed by atoms with Gasteiger partial charge in [0.25, 0.3) is 15.9 Å². The van der Waals surface area contributed by atoms with Crippen molar-refractivity contribution in [3.8, 4) is 5.75 Å². The first-order valence-electron chi connectivity index (χ1n) is 10.9. The van der Waals surface area contributed by atoms with Crippen molar-refractivity contribution in [2.45, 2.75) is 24.7 Å². The number of nitrogens with zero attached hydrogens (tertiary/aromatic N) is 1. The maximum Gasteiger partial charge on any atom is 0.264 e. The van der Waals surface area contributed by atoms with Gasteiger partial charge in [-0.05, 0) is 89.2 Å². The normalized spacial score (nSPS) is 10.9. The van der Waals surface area contributed by atoms with Gasteiger partial charge in [-0.25, -0.2) is 8.42 Å². The number of carbonyl (C=O) groups excluding carboxylic acids is 1. The zero-order chi connectivity index (χ0) is 25.4. The highest BCUT2D eigenvalue weighted by Gasteiger charge is 2.21. The average molecular weight is 577 g/mol. The molecule has 35 heavy (non-hydrogen) atoms. The molecule has 0 aliphatic rings. The Kier molecular flexibility index (Phi) is 9.25. The summed E-state index contributed by atoms with van der Waals surface area (Å²) < 4.78 is 33.4.